The summed E-state index contributed by atoms with van der Waals surface area (Å²) in [5, 5.41) is 7.58. The van der Waals surface area contributed by atoms with Crippen molar-refractivity contribution in [3.63, 3.8) is 0 Å². The number of nitrogens with one attached hydrogen (secondary N) is 2. The first-order valence-electron chi connectivity index (χ1n) is 7.98. The average molecular weight is 383 g/mol. The van der Waals surface area contributed by atoms with Crippen molar-refractivity contribution >= 4 is 29.2 Å². The van der Waals surface area contributed by atoms with E-state index in [2.05, 4.69) is 15.6 Å². The fourth-order valence-electron chi connectivity index (χ4n) is 2.48. The van der Waals surface area contributed by atoms with Gasteiger partial charge in [0.15, 0.2) is 17.5 Å². The lowest BCUT2D eigenvalue weighted by Crippen LogP contribution is -2.37. The number of benzene rings is 1. The largest absolute Gasteiger partial charge is 0.454 e. The summed E-state index contributed by atoms with van der Waals surface area (Å²) in [5.41, 5.74) is 2.02. The molecular weight excluding hydrogens is 363 g/mol. The monoisotopic (exact) mass is 382 g/mol. The van der Waals surface area contributed by atoms with Gasteiger partial charge in [-0.15, -0.1) is 0 Å². The SMILES string of the molecule is CCNC(=NCc1ccc2c(c1)OCO2)NCc1cc(Cl)c(Cl)n1C. The van der Waals surface area contributed by atoms with Crippen LogP contribution >= 0.6 is 23.2 Å². The lowest BCUT2D eigenvalue weighted by molar-refractivity contribution is 0.174. The van der Waals surface area contributed by atoms with Crippen molar-refractivity contribution in [3.8, 4) is 11.5 Å². The summed E-state index contributed by atoms with van der Waals surface area (Å²) < 4.78 is 12.6. The van der Waals surface area contributed by atoms with Gasteiger partial charge in [-0.3, -0.25) is 0 Å². The number of hydrogen-bond acceptors (Lipinski definition) is 3. The molecule has 0 spiro atoms. The van der Waals surface area contributed by atoms with Gasteiger partial charge in [0.1, 0.15) is 5.15 Å². The number of aromatic nitrogens is 1. The molecule has 0 atom stereocenters. The van der Waals surface area contributed by atoms with Crippen LogP contribution < -0.4 is 20.1 Å². The molecule has 0 amide bonds. The van der Waals surface area contributed by atoms with Gasteiger partial charge in [-0.05, 0) is 30.7 Å². The molecule has 2 heterocycles. The molecule has 1 aromatic heterocycles. The zero-order valence-corrected chi connectivity index (χ0v) is 15.6. The van der Waals surface area contributed by atoms with Crippen LogP contribution in [0.15, 0.2) is 29.3 Å². The summed E-state index contributed by atoms with van der Waals surface area (Å²) >= 11 is 12.1. The second-order valence-corrected chi connectivity index (χ2v) is 6.33. The van der Waals surface area contributed by atoms with Crippen molar-refractivity contribution in [2.24, 2.45) is 12.0 Å². The van der Waals surface area contributed by atoms with Crippen LogP contribution in [0.4, 0.5) is 0 Å². The first kappa shape index (κ1) is 17.8. The number of fused-ring (bicyclic) bond motifs is 1. The third-order valence-electron chi connectivity index (χ3n) is 3.85. The third-order valence-corrected chi connectivity index (χ3v) is 4.70. The van der Waals surface area contributed by atoms with Crippen LogP contribution in [0.5, 0.6) is 11.5 Å². The molecule has 1 aliphatic rings. The number of nitrogens with zero attached hydrogens (tertiary/aromatic N) is 2. The van der Waals surface area contributed by atoms with E-state index in [4.69, 9.17) is 32.7 Å². The molecular formula is C17H20Cl2N4O2. The highest BCUT2D eigenvalue weighted by Gasteiger charge is 2.13. The molecule has 0 unspecified atom stereocenters. The number of halogens is 2. The Morgan fingerprint density at radius 3 is 2.72 bits per heavy atom. The van der Waals surface area contributed by atoms with E-state index < -0.39 is 0 Å². The standard InChI is InChI=1S/C17H20Cl2N4O2/c1-3-20-17(22-9-12-7-13(18)16(19)23(12)2)21-8-11-4-5-14-15(6-11)25-10-24-14/h4-7H,3,8-10H2,1-2H3,(H2,20,21,22). The number of rotatable bonds is 5. The number of aliphatic imine (C=N–C) groups is 1. The van der Waals surface area contributed by atoms with E-state index in [1.54, 1.807) is 0 Å². The maximum atomic E-state index is 6.10. The lowest BCUT2D eigenvalue weighted by atomic mass is 10.2. The molecule has 0 saturated heterocycles. The summed E-state index contributed by atoms with van der Waals surface area (Å²) in [4.78, 5) is 4.61. The van der Waals surface area contributed by atoms with Crippen molar-refractivity contribution in [1.82, 2.24) is 15.2 Å². The van der Waals surface area contributed by atoms with Crippen LogP contribution in [0, 0.1) is 0 Å². The predicted molar refractivity (Wildman–Crippen MR) is 99.7 cm³/mol. The van der Waals surface area contributed by atoms with Gasteiger partial charge in [-0.25, -0.2) is 4.99 Å². The molecule has 1 aliphatic heterocycles. The quantitative estimate of drug-likeness (QED) is 0.615. The average Bonchev–Trinajstić information content (AvgIpc) is 3.17. The number of ether oxygens (including phenoxy) is 2. The minimum absolute atomic E-state index is 0.272. The summed E-state index contributed by atoms with van der Waals surface area (Å²) in [7, 11) is 1.88. The van der Waals surface area contributed by atoms with Crippen LogP contribution in [0.2, 0.25) is 10.2 Å². The zero-order valence-electron chi connectivity index (χ0n) is 14.1. The topological polar surface area (TPSA) is 59.8 Å². The van der Waals surface area contributed by atoms with Crippen molar-refractivity contribution in [1.29, 1.82) is 0 Å². The number of hydrogen-bond donors (Lipinski definition) is 2. The van der Waals surface area contributed by atoms with E-state index >= 15 is 0 Å². The highest BCUT2D eigenvalue weighted by Crippen LogP contribution is 2.32. The van der Waals surface area contributed by atoms with E-state index in [1.165, 1.54) is 0 Å². The first-order valence-corrected chi connectivity index (χ1v) is 8.74. The van der Waals surface area contributed by atoms with Crippen molar-refractivity contribution < 1.29 is 9.47 Å². The van der Waals surface area contributed by atoms with Gasteiger partial charge in [0.2, 0.25) is 6.79 Å². The molecule has 134 valence electrons. The van der Waals surface area contributed by atoms with Gasteiger partial charge in [0, 0.05) is 19.3 Å². The second kappa shape index (κ2) is 7.89. The molecule has 0 aliphatic carbocycles. The Balaban J connectivity index is 1.65. The molecule has 2 aromatic rings. The number of guanidine groups is 1. The Hall–Kier alpha value is -2.05. The Labute approximate surface area is 156 Å². The van der Waals surface area contributed by atoms with Gasteiger partial charge >= 0.3 is 0 Å². The smallest absolute Gasteiger partial charge is 0.231 e. The van der Waals surface area contributed by atoms with Crippen LogP contribution in [0.25, 0.3) is 0 Å². The van der Waals surface area contributed by atoms with Gasteiger partial charge in [0.05, 0.1) is 18.1 Å². The summed E-state index contributed by atoms with van der Waals surface area (Å²) in [6.07, 6.45) is 0. The second-order valence-electron chi connectivity index (χ2n) is 5.57. The summed E-state index contributed by atoms with van der Waals surface area (Å²) in [6, 6.07) is 7.68. The minimum Gasteiger partial charge on any atom is -0.454 e. The molecule has 3 rings (SSSR count). The van der Waals surface area contributed by atoms with E-state index in [1.807, 2.05) is 42.8 Å². The molecule has 8 heteroatoms. The van der Waals surface area contributed by atoms with Crippen LogP contribution in [0.1, 0.15) is 18.2 Å². The predicted octanol–water partition coefficient (Wildman–Crippen LogP) is 3.32. The highest BCUT2D eigenvalue weighted by atomic mass is 35.5. The van der Waals surface area contributed by atoms with E-state index in [-0.39, 0.29) is 6.79 Å². The minimum atomic E-state index is 0.272. The van der Waals surface area contributed by atoms with Crippen molar-refractivity contribution in [2.45, 2.75) is 20.0 Å². The fraction of sp³-hybridized carbons (Fsp3) is 0.353. The molecule has 0 fully saturated rings. The van der Waals surface area contributed by atoms with Gasteiger partial charge in [-0.2, -0.15) is 0 Å². The zero-order chi connectivity index (χ0) is 17.8. The Bertz CT molecular complexity index is 789. The molecule has 0 radical (unpaired) electrons. The van der Waals surface area contributed by atoms with E-state index in [9.17, 15) is 0 Å². The highest BCUT2D eigenvalue weighted by molar-refractivity contribution is 6.41. The van der Waals surface area contributed by atoms with Crippen molar-refractivity contribution in [3.05, 3.63) is 45.7 Å². The Morgan fingerprint density at radius 1 is 1.20 bits per heavy atom. The molecule has 1 aromatic carbocycles. The van der Waals surface area contributed by atoms with Crippen molar-refractivity contribution in [2.75, 3.05) is 13.3 Å². The Morgan fingerprint density at radius 2 is 2.00 bits per heavy atom. The van der Waals surface area contributed by atoms with Crippen LogP contribution in [-0.4, -0.2) is 23.9 Å². The normalized spacial score (nSPS) is 13.2. The van der Waals surface area contributed by atoms with Gasteiger partial charge in [-0.1, -0.05) is 29.3 Å². The molecule has 0 saturated carbocycles. The molecule has 6 nitrogen and oxygen atoms in total. The van der Waals surface area contributed by atoms with Crippen LogP contribution in [0.3, 0.4) is 0 Å². The van der Waals surface area contributed by atoms with Gasteiger partial charge in [0.25, 0.3) is 0 Å². The van der Waals surface area contributed by atoms with Gasteiger partial charge < -0.3 is 24.7 Å². The third kappa shape index (κ3) is 4.14. The van der Waals surface area contributed by atoms with E-state index in [0.717, 1.165) is 29.3 Å². The molecule has 2 N–H and O–H groups in total. The summed E-state index contributed by atoms with van der Waals surface area (Å²) in [5.74, 6) is 2.25. The fourth-order valence-corrected chi connectivity index (χ4v) is 2.90. The molecule has 25 heavy (non-hydrogen) atoms. The van der Waals surface area contributed by atoms with E-state index in [0.29, 0.717) is 29.2 Å². The maximum absolute atomic E-state index is 6.10. The molecule has 0 bridgehead atoms. The maximum Gasteiger partial charge on any atom is 0.231 e. The lowest BCUT2D eigenvalue weighted by Gasteiger charge is -2.12. The van der Waals surface area contributed by atoms with Crippen LogP contribution in [-0.2, 0) is 20.1 Å². The Kier molecular flexibility index (Phi) is 5.60. The first-order chi connectivity index (χ1) is 12.1. The summed E-state index contributed by atoms with van der Waals surface area (Å²) in [6.45, 7) is 4.15.